The van der Waals surface area contributed by atoms with E-state index in [9.17, 15) is 4.79 Å². The molecule has 0 aliphatic rings. The fourth-order valence-electron chi connectivity index (χ4n) is 1.65. The molecule has 6 heteroatoms. The number of hydrogen-bond acceptors (Lipinski definition) is 4. The summed E-state index contributed by atoms with van der Waals surface area (Å²) in [4.78, 5) is 11.6. The van der Waals surface area contributed by atoms with Crippen molar-refractivity contribution >= 4 is 11.6 Å². The van der Waals surface area contributed by atoms with Crippen LogP contribution in [0.3, 0.4) is 0 Å². The van der Waals surface area contributed by atoms with Gasteiger partial charge in [-0.05, 0) is 23.8 Å². The average molecular weight is 275 g/mol. The standard InChI is InChI=1S/C14H17N3O3/c1-19-8-9-20-10-14(18)16-12-4-2-11(3-5-12)13-6-7-15-17-13/h2-7H,8-10H2,1H3,(H,15,17)(H,16,18). The van der Waals surface area contributed by atoms with E-state index in [1.165, 1.54) is 0 Å². The number of hydrogen-bond donors (Lipinski definition) is 2. The fraction of sp³-hybridized carbons (Fsp3) is 0.286. The lowest BCUT2D eigenvalue weighted by Gasteiger charge is -2.06. The molecular weight excluding hydrogens is 258 g/mol. The number of nitrogens with zero attached hydrogens (tertiary/aromatic N) is 1. The first-order chi connectivity index (χ1) is 9.79. The molecule has 0 saturated carbocycles. The monoisotopic (exact) mass is 275 g/mol. The summed E-state index contributed by atoms with van der Waals surface area (Å²) in [5.74, 6) is -0.185. The third-order valence-corrected chi connectivity index (χ3v) is 2.65. The van der Waals surface area contributed by atoms with E-state index in [1.807, 2.05) is 30.3 Å². The maximum Gasteiger partial charge on any atom is 0.250 e. The highest BCUT2D eigenvalue weighted by atomic mass is 16.5. The smallest absolute Gasteiger partial charge is 0.250 e. The summed E-state index contributed by atoms with van der Waals surface area (Å²) < 4.78 is 9.97. The van der Waals surface area contributed by atoms with Crippen LogP contribution in [0.25, 0.3) is 11.3 Å². The Morgan fingerprint density at radius 1 is 1.25 bits per heavy atom. The number of methoxy groups -OCH3 is 1. The quantitative estimate of drug-likeness (QED) is 0.754. The molecule has 0 fully saturated rings. The van der Waals surface area contributed by atoms with Crippen LogP contribution in [0.1, 0.15) is 0 Å². The van der Waals surface area contributed by atoms with E-state index in [0.717, 1.165) is 16.9 Å². The summed E-state index contributed by atoms with van der Waals surface area (Å²) in [6.45, 7) is 0.903. The van der Waals surface area contributed by atoms with Crippen LogP contribution in [0, 0.1) is 0 Å². The summed E-state index contributed by atoms with van der Waals surface area (Å²) in [5.41, 5.74) is 2.68. The maximum atomic E-state index is 11.6. The van der Waals surface area contributed by atoms with Crippen molar-refractivity contribution in [2.24, 2.45) is 0 Å². The Bertz CT molecular complexity index is 523. The zero-order chi connectivity index (χ0) is 14.2. The molecule has 106 valence electrons. The van der Waals surface area contributed by atoms with Crippen molar-refractivity contribution in [3.05, 3.63) is 36.5 Å². The molecule has 0 saturated heterocycles. The molecule has 0 spiro atoms. The predicted octanol–water partition coefficient (Wildman–Crippen LogP) is 1.68. The Morgan fingerprint density at radius 3 is 2.70 bits per heavy atom. The molecule has 1 amide bonds. The number of aromatic amines is 1. The van der Waals surface area contributed by atoms with Gasteiger partial charge in [0.1, 0.15) is 6.61 Å². The second kappa shape index (κ2) is 7.42. The SMILES string of the molecule is COCCOCC(=O)Nc1ccc(-c2ccn[nH]2)cc1. The molecule has 1 aromatic carbocycles. The molecule has 0 radical (unpaired) electrons. The maximum absolute atomic E-state index is 11.6. The van der Waals surface area contributed by atoms with E-state index in [4.69, 9.17) is 9.47 Å². The summed E-state index contributed by atoms with van der Waals surface area (Å²) in [6, 6.07) is 9.38. The first kappa shape index (κ1) is 14.2. The Morgan fingerprint density at radius 2 is 2.05 bits per heavy atom. The van der Waals surface area contributed by atoms with E-state index in [2.05, 4.69) is 15.5 Å². The number of anilines is 1. The number of ether oxygens (including phenoxy) is 2. The minimum absolute atomic E-state index is 0.0195. The average Bonchev–Trinajstić information content (AvgIpc) is 2.99. The minimum atomic E-state index is -0.185. The molecule has 0 bridgehead atoms. The van der Waals surface area contributed by atoms with Crippen molar-refractivity contribution in [2.75, 3.05) is 32.2 Å². The minimum Gasteiger partial charge on any atom is -0.382 e. The van der Waals surface area contributed by atoms with Gasteiger partial charge < -0.3 is 14.8 Å². The number of nitrogens with one attached hydrogen (secondary N) is 2. The number of rotatable bonds is 7. The number of H-pyrrole nitrogens is 1. The van der Waals surface area contributed by atoms with E-state index < -0.39 is 0 Å². The van der Waals surface area contributed by atoms with Crippen LogP contribution in [0.2, 0.25) is 0 Å². The molecular formula is C14H17N3O3. The van der Waals surface area contributed by atoms with Gasteiger partial charge in [-0.15, -0.1) is 0 Å². The first-order valence-electron chi connectivity index (χ1n) is 6.26. The van der Waals surface area contributed by atoms with Gasteiger partial charge >= 0.3 is 0 Å². The highest BCUT2D eigenvalue weighted by molar-refractivity contribution is 5.91. The second-order valence-electron chi connectivity index (χ2n) is 4.14. The number of aromatic nitrogens is 2. The summed E-state index contributed by atoms with van der Waals surface area (Å²) in [6.07, 6.45) is 1.70. The molecule has 0 atom stereocenters. The Labute approximate surface area is 117 Å². The van der Waals surface area contributed by atoms with Crippen molar-refractivity contribution in [3.8, 4) is 11.3 Å². The molecule has 6 nitrogen and oxygen atoms in total. The third-order valence-electron chi connectivity index (χ3n) is 2.65. The second-order valence-corrected chi connectivity index (χ2v) is 4.14. The van der Waals surface area contributed by atoms with Crippen LogP contribution in [0.5, 0.6) is 0 Å². The summed E-state index contributed by atoms with van der Waals surface area (Å²) >= 11 is 0. The van der Waals surface area contributed by atoms with Gasteiger partial charge in [0.15, 0.2) is 0 Å². The van der Waals surface area contributed by atoms with Crippen LogP contribution in [0.4, 0.5) is 5.69 Å². The van der Waals surface area contributed by atoms with Crippen molar-refractivity contribution in [3.63, 3.8) is 0 Å². The van der Waals surface area contributed by atoms with Gasteiger partial charge in [0.2, 0.25) is 5.91 Å². The lowest BCUT2D eigenvalue weighted by molar-refractivity contribution is -0.121. The Balaban J connectivity index is 1.83. The number of amides is 1. The molecule has 0 unspecified atom stereocenters. The van der Waals surface area contributed by atoms with E-state index >= 15 is 0 Å². The molecule has 1 aromatic heterocycles. The number of carbonyl (C=O) groups is 1. The highest BCUT2D eigenvalue weighted by Crippen LogP contribution is 2.18. The molecule has 2 aromatic rings. The van der Waals surface area contributed by atoms with E-state index in [1.54, 1.807) is 13.3 Å². The number of carbonyl (C=O) groups excluding carboxylic acids is 1. The van der Waals surface area contributed by atoms with E-state index in [0.29, 0.717) is 13.2 Å². The van der Waals surface area contributed by atoms with Crippen molar-refractivity contribution < 1.29 is 14.3 Å². The predicted molar refractivity (Wildman–Crippen MR) is 75.3 cm³/mol. The molecule has 2 N–H and O–H groups in total. The zero-order valence-electron chi connectivity index (χ0n) is 11.3. The molecule has 0 aliphatic heterocycles. The topological polar surface area (TPSA) is 76.2 Å². The molecule has 1 heterocycles. The van der Waals surface area contributed by atoms with Crippen LogP contribution in [0.15, 0.2) is 36.5 Å². The summed E-state index contributed by atoms with van der Waals surface area (Å²) in [7, 11) is 1.59. The van der Waals surface area contributed by atoms with Gasteiger partial charge in [-0.3, -0.25) is 9.89 Å². The van der Waals surface area contributed by atoms with Crippen LogP contribution in [-0.4, -0.2) is 43.0 Å². The summed E-state index contributed by atoms with van der Waals surface area (Å²) in [5, 5.41) is 9.54. The van der Waals surface area contributed by atoms with Crippen LogP contribution >= 0.6 is 0 Å². The lowest BCUT2D eigenvalue weighted by Crippen LogP contribution is -2.19. The van der Waals surface area contributed by atoms with Crippen LogP contribution in [-0.2, 0) is 14.3 Å². The molecule has 2 rings (SSSR count). The largest absolute Gasteiger partial charge is 0.382 e. The Hall–Kier alpha value is -2.18. The third kappa shape index (κ3) is 4.18. The molecule has 20 heavy (non-hydrogen) atoms. The lowest BCUT2D eigenvalue weighted by atomic mass is 10.1. The highest BCUT2D eigenvalue weighted by Gasteiger charge is 2.03. The van der Waals surface area contributed by atoms with Crippen molar-refractivity contribution in [1.29, 1.82) is 0 Å². The van der Waals surface area contributed by atoms with Gasteiger partial charge in [-0.25, -0.2) is 0 Å². The van der Waals surface area contributed by atoms with Gasteiger partial charge in [-0.1, -0.05) is 12.1 Å². The first-order valence-corrected chi connectivity index (χ1v) is 6.26. The van der Waals surface area contributed by atoms with E-state index in [-0.39, 0.29) is 12.5 Å². The number of benzene rings is 1. The van der Waals surface area contributed by atoms with Gasteiger partial charge in [0.25, 0.3) is 0 Å². The van der Waals surface area contributed by atoms with Gasteiger partial charge in [0, 0.05) is 19.0 Å². The Kier molecular flexibility index (Phi) is 5.28. The zero-order valence-corrected chi connectivity index (χ0v) is 11.3. The van der Waals surface area contributed by atoms with Gasteiger partial charge in [-0.2, -0.15) is 5.10 Å². The van der Waals surface area contributed by atoms with Crippen molar-refractivity contribution in [2.45, 2.75) is 0 Å². The van der Waals surface area contributed by atoms with Gasteiger partial charge in [0.05, 0.1) is 18.9 Å². The normalized spacial score (nSPS) is 10.4. The van der Waals surface area contributed by atoms with Crippen LogP contribution < -0.4 is 5.32 Å². The molecule has 0 aliphatic carbocycles. The fourth-order valence-corrected chi connectivity index (χ4v) is 1.65. The van der Waals surface area contributed by atoms with Crippen molar-refractivity contribution in [1.82, 2.24) is 10.2 Å².